The van der Waals surface area contributed by atoms with Gasteiger partial charge in [-0.3, -0.25) is 0 Å². The number of hydrogen-bond acceptors (Lipinski definition) is 1. The summed E-state index contributed by atoms with van der Waals surface area (Å²) in [5.74, 6) is 0. The van der Waals surface area contributed by atoms with Crippen molar-refractivity contribution in [3.05, 3.63) is 34.2 Å². The maximum atomic E-state index is 5.96. The number of aryl methyl sites for hydroxylation is 1. The largest absolute Gasteiger partial charge is 0.140 e. The van der Waals surface area contributed by atoms with Crippen LogP contribution in [0.4, 0.5) is 0 Å². The van der Waals surface area contributed by atoms with E-state index in [1.807, 2.05) is 17.4 Å². The normalized spacial score (nSPS) is 11.1. The van der Waals surface area contributed by atoms with E-state index in [1.165, 1.54) is 40.6 Å². The van der Waals surface area contributed by atoms with Gasteiger partial charge in [0.05, 0.1) is 0 Å². The molecule has 0 spiro atoms. The molecule has 2 rings (SSSR count). The molecule has 1 aromatic carbocycles. The Morgan fingerprint density at radius 2 is 2.07 bits per heavy atom. The van der Waals surface area contributed by atoms with Crippen molar-refractivity contribution in [1.82, 2.24) is 0 Å². The first kappa shape index (κ1) is 11.0. The standard InChI is InChI=1S/C13H15ClS/c1-2-3-4-5-12-9-10-8-11(14)6-7-13(10)15-12/h6-9H,2-5H2,1H3. The summed E-state index contributed by atoms with van der Waals surface area (Å²) in [7, 11) is 0. The van der Waals surface area contributed by atoms with Crippen LogP contribution in [0.15, 0.2) is 24.3 Å². The zero-order chi connectivity index (χ0) is 10.7. The summed E-state index contributed by atoms with van der Waals surface area (Å²) in [6.07, 6.45) is 5.13. The third-order valence-electron chi connectivity index (χ3n) is 2.56. The zero-order valence-electron chi connectivity index (χ0n) is 8.92. The molecule has 0 aliphatic carbocycles. The number of fused-ring (bicyclic) bond motifs is 1. The number of thiophene rings is 1. The van der Waals surface area contributed by atoms with Gasteiger partial charge in [0.2, 0.25) is 0 Å². The molecule has 0 unspecified atom stereocenters. The monoisotopic (exact) mass is 238 g/mol. The van der Waals surface area contributed by atoms with E-state index in [2.05, 4.69) is 25.1 Å². The first-order valence-corrected chi connectivity index (χ1v) is 6.67. The van der Waals surface area contributed by atoms with Crippen LogP contribution in [-0.4, -0.2) is 0 Å². The van der Waals surface area contributed by atoms with Gasteiger partial charge in [-0.2, -0.15) is 0 Å². The lowest BCUT2D eigenvalue weighted by Gasteiger charge is -1.93. The van der Waals surface area contributed by atoms with Crippen molar-refractivity contribution in [3.8, 4) is 0 Å². The average molecular weight is 239 g/mol. The Morgan fingerprint density at radius 3 is 2.87 bits per heavy atom. The molecule has 0 aliphatic heterocycles. The van der Waals surface area contributed by atoms with Crippen molar-refractivity contribution in [1.29, 1.82) is 0 Å². The fourth-order valence-electron chi connectivity index (χ4n) is 1.74. The highest BCUT2D eigenvalue weighted by Gasteiger charge is 2.01. The van der Waals surface area contributed by atoms with Gasteiger partial charge in [-0.1, -0.05) is 31.4 Å². The van der Waals surface area contributed by atoms with Crippen LogP contribution in [-0.2, 0) is 6.42 Å². The summed E-state index contributed by atoms with van der Waals surface area (Å²) in [6.45, 7) is 2.24. The Balaban J connectivity index is 2.16. The molecule has 0 N–H and O–H groups in total. The molecule has 0 bridgehead atoms. The van der Waals surface area contributed by atoms with Crippen molar-refractivity contribution in [2.75, 3.05) is 0 Å². The Labute approximate surface area is 99.9 Å². The van der Waals surface area contributed by atoms with Crippen LogP contribution in [0.3, 0.4) is 0 Å². The van der Waals surface area contributed by atoms with Crippen molar-refractivity contribution >= 4 is 33.0 Å². The van der Waals surface area contributed by atoms with Gasteiger partial charge in [0.25, 0.3) is 0 Å². The molecule has 0 radical (unpaired) electrons. The molecule has 15 heavy (non-hydrogen) atoms. The topological polar surface area (TPSA) is 0 Å². The zero-order valence-corrected chi connectivity index (χ0v) is 10.5. The molecule has 0 fully saturated rings. The molecule has 80 valence electrons. The maximum absolute atomic E-state index is 5.96. The highest BCUT2D eigenvalue weighted by molar-refractivity contribution is 7.19. The minimum Gasteiger partial charge on any atom is -0.140 e. The summed E-state index contributed by atoms with van der Waals surface area (Å²) in [4.78, 5) is 1.49. The second-order valence-corrected chi connectivity index (χ2v) is 5.46. The Morgan fingerprint density at radius 1 is 1.20 bits per heavy atom. The van der Waals surface area contributed by atoms with E-state index < -0.39 is 0 Å². The van der Waals surface area contributed by atoms with Crippen molar-refractivity contribution in [2.45, 2.75) is 32.6 Å². The van der Waals surface area contributed by atoms with Gasteiger partial charge >= 0.3 is 0 Å². The molecular formula is C13H15ClS. The smallest absolute Gasteiger partial charge is 0.0412 e. The molecule has 2 heteroatoms. The van der Waals surface area contributed by atoms with Gasteiger partial charge in [0.1, 0.15) is 0 Å². The van der Waals surface area contributed by atoms with E-state index in [0.29, 0.717) is 0 Å². The number of halogens is 1. The van der Waals surface area contributed by atoms with Crippen molar-refractivity contribution < 1.29 is 0 Å². The number of hydrogen-bond donors (Lipinski definition) is 0. The first-order valence-electron chi connectivity index (χ1n) is 5.47. The van der Waals surface area contributed by atoms with E-state index in [4.69, 9.17) is 11.6 Å². The van der Waals surface area contributed by atoms with Gasteiger partial charge in [-0.25, -0.2) is 0 Å². The van der Waals surface area contributed by atoms with E-state index in [9.17, 15) is 0 Å². The van der Waals surface area contributed by atoms with E-state index in [-0.39, 0.29) is 0 Å². The Kier molecular flexibility index (Phi) is 3.66. The third-order valence-corrected chi connectivity index (χ3v) is 3.97. The summed E-state index contributed by atoms with van der Waals surface area (Å²) >= 11 is 7.86. The molecule has 0 saturated heterocycles. The van der Waals surface area contributed by atoms with Crippen molar-refractivity contribution in [2.24, 2.45) is 0 Å². The van der Waals surface area contributed by atoms with Crippen LogP contribution in [0.5, 0.6) is 0 Å². The fourth-order valence-corrected chi connectivity index (χ4v) is 3.01. The van der Waals surface area contributed by atoms with Crippen LogP contribution >= 0.6 is 22.9 Å². The fraction of sp³-hybridized carbons (Fsp3) is 0.385. The highest BCUT2D eigenvalue weighted by atomic mass is 35.5. The van der Waals surface area contributed by atoms with E-state index in [0.717, 1.165) is 5.02 Å². The Bertz CT molecular complexity index is 445. The quantitative estimate of drug-likeness (QED) is 0.635. The molecule has 0 aliphatic rings. The molecule has 1 heterocycles. The van der Waals surface area contributed by atoms with Gasteiger partial charge in [0, 0.05) is 14.6 Å². The van der Waals surface area contributed by atoms with Gasteiger partial charge in [-0.15, -0.1) is 11.3 Å². The SMILES string of the molecule is CCCCCc1cc2cc(Cl)ccc2s1. The lowest BCUT2D eigenvalue weighted by molar-refractivity contribution is 0.723. The molecule has 1 aromatic heterocycles. The van der Waals surface area contributed by atoms with Crippen LogP contribution in [0.1, 0.15) is 31.1 Å². The molecule has 0 atom stereocenters. The van der Waals surface area contributed by atoms with Gasteiger partial charge in [0.15, 0.2) is 0 Å². The lowest BCUT2D eigenvalue weighted by atomic mass is 10.1. The van der Waals surface area contributed by atoms with Gasteiger partial charge in [-0.05, 0) is 42.5 Å². The average Bonchev–Trinajstić information content (AvgIpc) is 2.60. The second kappa shape index (κ2) is 5.00. The molecule has 2 aromatic rings. The summed E-state index contributed by atoms with van der Waals surface area (Å²) in [5.41, 5.74) is 0. The van der Waals surface area contributed by atoms with Crippen LogP contribution < -0.4 is 0 Å². The van der Waals surface area contributed by atoms with Gasteiger partial charge < -0.3 is 0 Å². The minimum absolute atomic E-state index is 0.834. The van der Waals surface area contributed by atoms with Crippen LogP contribution in [0.2, 0.25) is 5.02 Å². The molecule has 0 saturated carbocycles. The summed E-state index contributed by atoms with van der Waals surface area (Å²) < 4.78 is 1.35. The number of unbranched alkanes of at least 4 members (excludes halogenated alkanes) is 2. The van der Waals surface area contributed by atoms with Crippen molar-refractivity contribution in [3.63, 3.8) is 0 Å². The highest BCUT2D eigenvalue weighted by Crippen LogP contribution is 2.28. The van der Waals surface area contributed by atoms with E-state index in [1.54, 1.807) is 0 Å². The molecular weight excluding hydrogens is 224 g/mol. The minimum atomic E-state index is 0.834. The lowest BCUT2D eigenvalue weighted by Crippen LogP contribution is -1.78. The molecule has 0 nitrogen and oxygen atoms in total. The van der Waals surface area contributed by atoms with Crippen LogP contribution in [0, 0.1) is 0 Å². The summed E-state index contributed by atoms with van der Waals surface area (Å²) in [6, 6.07) is 8.42. The molecule has 0 amide bonds. The third kappa shape index (κ3) is 2.73. The summed E-state index contributed by atoms with van der Waals surface area (Å²) in [5, 5.41) is 2.12. The van der Waals surface area contributed by atoms with Crippen LogP contribution in [0.25, 0.3) is 10.1 Å². The van der Waals surface area contributed by atoms with E-state index >= 15 is 0 Å². The maximum Gasteiger partial charge on any atom is 0.0412 e. The number of rotatable bonds is 4. The second-order valence-electron chi connectivity index (χ2n) is 3.85. The predicted octanol–water partition coefficient (Wildman–Crippen LogP) is 5.29. The first-order chi connectivity index (χ1) is 7.29. The number of benzene rings is 1. The Hall–Kier alpha value is -0.530. The predicted molar refractivity (Wildman–Crippen MR) is 70.1 cm³/mol.